The first-order valence-corrected chi connectivity index (χ1v) is 8.04. The number of hydrogen-bond acceptors (Lipinski definition) is 6. The van der Waals surface area contributed by atoms with Crippen LogP contribution in [0.2, 0.25) is 0 Å². The standard InChI is InChI=1S/C20H20N2O4/c1-15-7-4-5-8-16(15)11-12-20(24)26-18-10-6-9-17(21-18)22(2)14-13-19(23)25-3/h4-10H,13-14H2,1-3H3. The Morgan fingerprint density at radius 2 is 1.92 bits per heavy atom. The predicted octanol–water partition coefficient (Wildman–Crippen LogP) is 2.35. The van der Waals surface area contributed by atoms with E-state index in [1.165, 1.54) is 7.11 Å². The maximum Gasteiger partial charge on any atom is 0.391 e. The number of nitrogens with zero attached hydrogens (tertiary/aromatic N) is 2. The van der Waals surface area contributed by atoms with Gasteiger partial charge >= 0.3 is 11.9 Å². The third kappa shape index (κ3) is 5.64. The van der Waals surface area contributed by atoms with E-state index < -0.39 is 5.97 Å². The summed E-state index contributed by atoms with van der Waals surface area (Å²) >= 11 is 0. The molecule has 1 aromatic heterocycles. The van der Waals surface area contributed by atoms with Crippen LogP contribution in [0.1, 0.15) is 17.5 Å². The Morgan fingerprint density at radius 3 is 2.65 bits per heavy atom. The average Bonchev–Trinajstić information content (AvgIpc) is 2.65. The van der Waals surface area contributed by atoms with Crippen LogP contribution in [0.5, 0.6) is 5.88 Å². The zero-order valence-corrected chi connectivity index (χ0v) is 15.0. The highest BCUT2D eigenvalue weighted by molar-refractivity contribution is 5.90. The minimum Gasteiger partial charge on any atom is -0.469 e. The largest absolute Gasteiger partial charge is 0.469 e. The van der Waals surface area contributed by atoms with E-state index in [4.69, 9.17) is 4.74 Å². The topological polar surface area (TPSA) is 68.7 Å². The van der Waals surface area contributed by atoms with Gasteiger partial charge in [0.05, 0.1) is 13.5 Å². The second kappa shape index (κ2) is 9.23. The van der Waals surface area contributed by atoms with Crippen molar-refractivity contribution in [2.24, 2.45) is 0 Å². The molecule has 0 amide bonds. The maximum absolute atomic E-state index is 11.9. The molecule has 26 heavy (non-hydrogen) atoms. The molecule has 0 aliphatic rings. The first kappa shape index (κ1) is 19.0. The molecule has 6 nitrogen and oxygen atoms in total. The lowest BCUT2D eigenvalue weighted by molar-refractivity contribution is -0.140. The molecule has 6 heteroatoms. The van der Waals surface area contributed by atoms with Crippen molar-refractivity contribution >= 4 is 17.8 Å². The highest BCUT2D eigenvalue weighted by Crippen LogP contribution is 2.15. The zero-order chi connectivity index (χ0) is 18.9. The summed E-state index contributed by atoms with van der Waals surface area (Å²) in [7, 11) is 3.13. The number of hydrogen-bond donors (Lipinski definition) is 0. The van der Waals surface area contributed by atoms with Crippen molar-refractivity contribution in [1.29, 1.82) is 0 Å². The zero-order valence-electron chi connectivity index (χ0n) is 15.0. The molecule has 0 aliphatic heterocycles. The lowest BCUT2D eigenvalue weighted by Crippen LogP contribution is -2.22. The van der Waals surface area contributed by atoms with E-state index in [0.29, 0.717) is 12.4 Å². The number of aryl methyl sites for hydroxylation is 1. The Morgan fingerprint density at radius 1 is 1.15 bits per heavy atom. The smallest absolute Gasteiger partial charge is 0.391 e. The number of carbonyl (C=O) groups excluding carboxylic acids is 2. The molecule has 0 spiro atoms. The number of methoxy groups -OCH3 is 1. The van der Waals surface area contributed by atoms with E-state index in [0.717, 1.165) is 11.1 Å². The van der Waals surface area contributed by atoms with Crippen LogP contribution in [0, 0.1) is 18.8 Å². The summed E-state index contributed by atoms with van der Waals surface area (Å²) in [6.07, 6.45) is 0.237. The third-order valence-corrected chi connectivity index (χ3v) is 3.62. The van der Waals surface area contributed by atoms with Gasteiger partial charge in [-0.15, -0.1) is 0 Å². The SMILES string of the molecule is COC(=O)CCN(C)c1cccc(OC(=O)C#Cc2ccccc2C)n1. The quantitative estimate of drug-likeness (QED) is 0.608. The van der Waals surface area contributed by atoms with Gasteiger partial charge in [-0.05, 0) is 24.6 Å². The molecule has 0 atom stereocenters. The van der Waals surface area contributed by atoms with E-state index >= 15 is 0 Å². The molecule has 0 saturated heterocycles. The summed E-state index contributed by atoms with van der Waals surface area (Å²) in [6, 6.07) is 12.6. The number of esters is 2. The monoisotopic (exact) mass is 352 g/mol. The summed E-state index contributed by atoms with van der Waals surface area (Å²) in [6.45, 7) is 2.36. The maximum atomic E-state index is 11.9. The number of aromatic nitrogens is 1. The van der Waals surface area contributed by atoms with Gasteiger partial charge in [-0.2, -0.15) is 4.98 Å². The van der Waals surface area contributed by atoms with Gasteiger partial charge in [-0.3, -0.25) is 4.79 Å². The van der Waals surface area contributed by atoms with Gasteiger partial charge in [0.1, 0.15) is 5.82 Å². The highest BCUT2D eigenvalue weighted by atomic mass is 16.5. The van der Waals surface area contributed by atoms with Gasteiger partial charge in [0.15, 0.2) is 0 Å². The Kier molecular flexibility index (Phi) is 6.75. The lowest BCUT2D eigenvalue weighted by Gasteiger charge is -2.17. The summed E-state index contributed by atoms with van der Waals surface area (Å²) < 4.78 is 9.79. The van der Waals surface area contributed by atoms with Crippen LogP contribution in [0.4, 0.5) is 5.82 Å². The predicted molar refractivity (Wildman–Crippen MR) is 97.8 cm³/mol. The van der Waals surface area contributed by atoms with Crippen molar-refractivity contribution in [3.05, 3.63) is 53.6 Å². The van der Waals surface area contributed by atoms with E-state index in [2.05, 4.69) is 21.6 Å². The Bertz CT molecular complexity index is 852. The molecule has 134 valence electrons. The molecule has 0 radical (unpaired) electrons. The van der Waals surface area contributed by atoms with Crippen molar-refractivity contribution < 1.29 is 19.1 Å². The van der Waals surface area contributed by atoms with Crippen molar-refractivity contribution in [3.63, 3.8) is 0 Å². The van der Waals surface area contributed by atoms with Gasteiger partial charge in [0.2, 0.25) is 5.88 Å². The first-order chi connectivity index (χ1) is 12.5. The summed E-state index contributed by atoms with van der Waals surface area (Å²) in [5.41, 5.74) is 1.76. The van der Waals surface area contributed by atoms with Gasteiger partial charge in [0, 0.05) is 31.1 Å². The number of rotatable bonds is 5. The van der Waals surface area contributed by atoms with Crippen LogP contribution >= 0.6 is 0 Å². The molecule has 0 aliphatic carbocycles. The molecule has 2 aromatic rings. The van der Waals surface area contributed by atoms with Crippen LogP contribution in [0.3, 0.4) is 0 Å². The Hall–Kier alpha value is -3.33. The minimum absolute atomic E-state index is 0.150. The van der Waals surface area contributed by atoms with E-state index in [1.54, 1.807) is 30.1 Å². The summed E-state index contributed by atoms with van der Waals surface area (Å²) in [5.74, 6) is 4.99. The number of pyridine rings is 1. The van der Waals surface area contributed by atoms with Crippen LogP contribution in [-0.4, -0.2) is 37.6 Å². The van der Waals surface area contributed by atoms with Crippen LogP contribution in [-0.2, 0) is 14.3 Å². The van der Waals surface area contributed by atoms with Gasteiger partial charge in [-0.25, -0.2) is 4.79 Å². The molecule has 1 heterocycles. The molecular weight excluding hydrogens is 332 g/mol. The Balaban J connectivity index is 2.01. The van der Waals surface area contributed by atoms with Gasteiger partial charge < -0.3 is 14.4 Å². The molecule has 2 rings (SSSR count). The fourth-order valence-corrected chi connectivity index (χ4v) is 2.10. The van der Waals surface area contributed by atoms with E-state index in [-0.39, 0.29) is 18.3 Å². The molecule has 0 unspecified atom stereocenters. The normalized spacial score (nSPS) is 9.65. The lowest BCUT2D eigenvalue weighted by atomic mass is 10.1. The molecule has 0 bridgehead atoms. The van der Waals surface area contributed by atoms with E-state index in [9.17, 15) is 9.59 Å². The van der Waals surface area contributed by atoms with E-state index in [1.807, 2.05) is 31.2 Å². The number of benzene rings is 1. The molecule has 0 fully saturated rings. The fourth-order valence-electron chi connectivity index (χ4n) is 2.10. The van der Waals surface area contributed by atoms with Crippen molar-refractivity contribution in [2.75, 3.05) is 25.6 Å². The second-order valence-electron chi connectivity index (χ2n) is 5.54. The number of carbonyl (C=O) groups is 2. The van der Waals surface area contributed by atoms with Crippen LogP contribution < -0.4 is 9.64 Å². The average molecular weight is 352 g/mol. The highest BCUT2D eigenvalue weighted by Gasteiger charge is 2.09. The first-order valence-electron chi connectivity index (χ1n) is 8.04. The fraction of sp³-hybridized carbons (Fsp3) is 0.250. The van der Waals surface area contributed by atoms with Crippen molar-refractivity contribution in [1.82, 2.24) is 4.98 Å². The van der Waals surface area contributed by atoms with Crippen molar-refractivity contribution in [2.45, 2.75) is 13.3 Å². The second-order valence-corrected chi connectivity index (χ2v) is 5.54. The van der Waals surface area contributed by atoms with Crippen LogP contribution in [0.15, 0.2) is 42.5 Å². The summed E-state index contributed by atoms with van der Waals surface area (Å²) in [5, 5.41) is 0. The summed E-state index contributed by atoms with van der Waals surface area (Å²) in [4.78, 5) is 29.2. The van der Waals surface area contributed by atoms with Gasteiger partial charge in [0.25, 0.3) is 0 Å². The van der Waals surface area contributed by atoms with Crippen LogP contribution in [0.25, 0.3) is 0 Å². The molecule has 0 N–H and O–H groups in total. The van der Waals surface area contributed by atoms with Crippen molar-refractivity contribution in [3.8, 4) is 17.7 Å². The number of anilines is 1. The molecule has 0 saturated carbocycles. The number of ether oxygens (including phenoxy) is 2. The third-order valence-electron chi connectivity index (χ3n) is 3.62. The van der Waals surface area contributed by atoms with Gasteiger partial charge in [-0.1, -0.05) is 30.2 Å². The molecular formula is C20H20N2O4. The molecule has 1 aromatic carbocycles. The Labute approximate surface area is 152 Å². The minimum atomic E-state index is -0.685.